The van der Waals surface area contributed by atoms with Crippen LogP contribution >= 0.6 is 0 Å². The molecule has 2 aliphatic heterocycles. The quantitative estimate of drug-likeness (QED) is 0.389. The number of rotatable bonds is 6. The van der Waals surface area contributed by atoms with Crippen LogP contribution in [-0.4, -0.2) is 78.5 Å². The van der Waals surface area contributed by atoms with Crippen molar-refractivity contribution in [3.63, 3.8) is 0 Å². The number of nitrogens with one attached hydrogen (secondary N) is 3. The maximum Gasteiger partial charge on any atom is 0.325 e. The van der Waals surface area contributed by atoms with Crippen molar-refractivity contribution in [2.24, 2.45) is 0 Å². The molecule has 3 rings (SSSR count). The number of carbonyl (C=O) groups excluding carboxylic acids is 5. The Bertz CT molecular complexity index is 860. The number of β-lactam (4-membered cyclic amide) rings is 1. The van der Waals surface area contributed by atoms with Gasteiger partial charge in [0, 0.05) is 26.7 Å². The van der Waals surface area contributed by atoms with E-state index < -0.39 is 48.0 Å². The van der Waals surface area contributed by atoms with Gasteiger partial charge in [0.25, 0.3) is 0 Å². The highest BCUT2D eigenvalue weighted by molar-refractivity contribution is 6.38. The summed E-state index contributed by atoms with van der Waals surface area (Å²) in [6, 6.07) is 5.41. The zero-order valence-corrected chi connectivity index (χ0v) is 16.6. The van der Waals surface area contributed by atoms with E-state index in [2.05, 4.69) is 16.0 Å². The number of hydrogen-bond donors (Lipinski definition) is 3. The summed E-state index contributed by atoms with van der Waals surface area (Å²) >= 11 is 0. The average Bonchev–Trinajstić information content (AvgIpc) is 2.76. The minimum atomic E-state index is -1.18. The number of hydrogen-bond acceptors (Lipinski definition) is 6. The molecule has 30 heavy (non-hydrogen) atoms. The summed E-state index contributed by atoms with van der Waals surface area (Å²) in [6.07, 6.45) is -0.671. The molecular formula is C19H23N5O6. The molecule has 0 radical (unpaired) electrons. The van der Waals surface area contributed by atoms with Gasteiger partial charge < -0.3 is 25.6 Å². The van der Waals surface area contributed by atoms with Crippen molar-refractivity contribution in [1.82, 2.24) is 25.8 Å². The zero-order chi connectivity index (χ0) is 21.8. The lowest BCUT2D eigenvalue weighted by Crippen LogP contribution is -2.70. The standard InChI is InChI=1S/C19H23N5O6/c1-3-23-9-10-24(18(28)17(23)27)19(29)21-12(11-7-5-4-6-8-11)14(25)20-13-15(26)22-16(13)30-2/h4-8,12-13,16H,3,9-10H2,1-2H3,(H,20,25)(H,21,29)(H,22,26)/t12-,13-,16+/m1/s1. The summed E-state index contributed by atoms with van der Waals surface area (Å²) in [5.41, 5.74) is 0.447. The van der Waals surface area contributed by atoms with Crippen LogP contribution in [0.25, 0.3) is 0 Å². The van der Waals surface area contributed by atoms with E-state index in [-0.39, 0.29) is 13.1 Å². The number of urea groups is 1. The van der Waals surface area contributed by atoms with E-state index in [1.807, 2.05) is 0 Å². The lowest BCUT2D eigenvalue weighted by Gasteiger charge is -2.36. The van der Waals surface area contributed by atoms with Crippen LogP contribution in [0.1, 0.15) is 18.5 Å². The molecule has 11 heteroatoms. The third kappa shape index (κ3) is 4.10. The summed E-state index contributed by atoms with van der Waals surface area (Å²) in [5, 5.41) is 7.52. The first-order chi connectivity index (χ1) is 14.4. The topological polar surface area (TPSA) is 137 Å². The number of nitrogens with zero attached hydrogens (tertiary/aromatic N) is 2. The lowest BCUT2D eigenvalue weighted by atomic mass is 10.0. The van der Waals surface area contributed by atoms with E-state index in [1.54, 1.807) is 37.3 Å². The van der Waals surface area contributed by atoms with Crippen LogP contribution in [0.2, 0.25) is 0 Å². The largest absolute Gasteiger partial charge is 0.359 e. The lowest BCUT2D eigenvalue weighted by molar-refractivity contribution is -0.153. The summed E-state index contributed by atoms with van der Waals surface area (Å²) in [5.74, 6) is -2.79. The van der Waals surface area contributed by atoms with Gasteiger partial charge in [-0.2, -0.15) is 0 Å². The Morgan fingerprint density at radius 1 is 1.17 bits per heavy atom. The van der Waals surface area contributed by atoms with Gasteiger partial charge in [0.15, 0.2) is 12.3 Å². The number of carbonyl (C=O) groups is 5. The fraction of sp³-hybridized carbons (Fsp3) is 0.421. The molecule has 6 amide bonds. The van der Waals surface area contributed by atoms with Crippen LogP contribution in [0.15, 0.2) is 30.3 Å². The van der Waals surface area contributed by atoms with E-state index >= 15 is 0 Å². The molecule has 1 aromatic carbocycles. The minimum Gasteiger partial charge on any atom is -0.359 e. The molecule has 160 valence electrons. The fourth-order valence-electron chi connectivity index (χ4n) is 3.24. The van der Waals surface area contributed by atoms with Gasteiger partial charge in [-0.3, -0.25) is 24.1 Å². The average molecular weight is 417 g/mol. The minimum absolute atomic E-state index is 0.0180. The number of ether oxygens (including phenoxy) is 1. The Labute approximate surface area is 172 Å². The van der Waals surface area contributed by atoms with Gasteiger partial charge in [0.05, 0.1) is 0 Å². The predicted octanol–water partition coefficient (Wildman–Crippen LogP) is -1.28. The van der Waals surface area contributed by atoms with Crippen LogP contribution in [0.3, 0.4) is 0 Å². The van der Waals surface area contributed by atoms with Crippen molar-refractivity contribution < 1.29 is 28.7 Å². The number of benzene rings is 1. The van der Waals surface area contributed by atoms with Gasteiger partial charge in [0.2, 0.25) is 11.8 Å². The smallest absolute Gasteiger partial charge is 0.325 e. The van der Waals surface area contributed by atoms with Gasteiger partial charge >= 0.3 is 17.8 Å². The summed E-state index contributed by atoms with van der Waals surface area (Å²) in [4.78, 5) is 63.8. The zero-order valence-electron chi connectivity index (χ0n) is 16.6. The highest BCUT2D eigenvalue weighted by Gasteiger charge is 2.42. The molecule has 2 saturated heterocycles. The molecule has 2 fully saturated rings. The number of methoxy groups -OCH3 is 1. The second-order valence-corrected chi connectivity index (χ2v) is 6.79. The Morgan fingerprint density at radius 2 is 1.87 bits per heavy atom. The molecule has 0 aromatic heterocycles. The normalized spacial score (nSPS) is 22.1. The Balaban J connectivity index is 1.76. The van der Waals surface area contributed by atoms with E-state index in [9.17, 15) is 24.0 Å². The molecule has 3 N–H and O–H groups in total. The van der Waals surface area contributed by atoms with Gasteiger partial charge in [-0.05, 0) is 12.5 Å². The van der Waals surface area contributed by atoms with E-state index in [0.717, 1.165) is 4.90 Å². The Kier molecular flexibility index (Phi) is 6.31. The molecule has 0 unspecified atom stereocenters. The third-order valence-corrected chi connectivity index (χ3v) is 5.02. The summed E-state index contributed by atoms with van der Waals surface area (Å²) in [6.45, 7) is 2.33. The summed E-state index contributed by atoms with van der Waals surface area (Å²) in [7, 11) is 1.39. The second-order valence-electron chi connectivity index (χ2n) is 6.79. The molecule has 2 aliphatic rings. The van der Waals surface area contributed by atoms with E-state index in [1.165, 1.54) is 12.0 Å². The maximum absolute atomic E-state index is 12.9. The summed E-state index contributed by atoms with van der Waals surface area (Å²) < 4.78 is 5.05. The molecule has 0 spiro atoms. The van der Waals surface area contributed by atoms with Gasteiger partial charge in [-0.15, -0.1) is 0 Å². The first-order valence-electron chi connectivity index (χ1n) is 9.47. The van der Waals surface area contributed by atoms with Gasteiger partial charge in [-0.1, -0.05) is 30.3 Å². The van der Waals surface area contributed by atoms with Crippen LogP contribution in [-0.2, 0) is 23.9 Å². The van der Waals surface area contributed by atoms with Crippen molar-refractivity contribution in [1.29, 1.82) is 0 Å². The monoisotopic (exact) mass is 417 g/mol. The third-order valence-electron chi connectivity index (χ3n) is 5.02. The van der Waals surface area contributed by atoms with Crippen molar-refractivity contribution in [3.05, 3.63) is 35.9 Å². The predicted molar refractivity (Wildman–Crippen MR) is 103 cm³/mol. The molecule has 1 aromatic rings. The fourth-order valence-corrected chi connectivity index (χ4v) is 3.24. The molecule has 0 aliphatic carbocycles. The number of piperazine rings is 1. The molecular weight excluding hydrogens is 394 g/mol. The highest BCUT2D eigenvalue weighted by atomic mass is 16.5. The van der Waals surface area contributed by atoms with E-state index in [0.29, 0.717) is 12.1 Å². The SMILES string of the molecule is CCN1CCN(C(=O)N[C@@H](C(=O)N[C@@H]2C(=O)N[C@H]2OC)c2ccccc2)C(=O)C1=O. The van der Waals surface area contributed by atoms with Crippen LogP contribution in [0.4, 0.5) is 4.79 Å². The van der Waals surface area contributed by atoms with Crippen molar-refractivity contribution in [2.75, 3.05) is 26.7 Å². The van der Waals surface area contributed by atoms with Gasteiger partial charge in [0.1, 0.15) is 6.04 Å². The van der Waals surface area contributed by atoms with Crippen LogP contribution in [0, 0.1) is 0 Å². The molecule has 0 bridgehead atoms. The second kappa shape index (κ2) is 8.91. The van der Waals surface area contributed by atoms with Gasteiger partial charge in [-0.25, -0.2) is 4.79 Å². The molecule has 3 atom stereocenters. The van der Waals surface area contributed by atoms with Crippen molar-refractivity contribution in [2.45, 2.75) is 25.2 Å². The molecule has 2 heterocycles. The highest BCUT2D eigenvalue weighted by Crippen LogP contribution is 2.16. The van der Waals surface area contributed by atoms with Crippen LogP contribution in [0.5, 0.6) is 0 Å². The first-order valence-corrected chi connectivity index (χ1v) is 9.47. The van der Waals surface area contributed by atoms with Crippen molar-refractivity contribution >= 4 is 29.7 Å². The van der Waals surface area contributed by atoms with E-state index in [4.69, 9.17) is 4.74 Å². The molecule has 0 saturated carbocycles. The Morgan fingerprint density at radius 3 is 2.47 bits per heavy atom. The van der Waals surface area contributed by atoms with Crippen molar-refractivity contribution in [3.8, 4) is 0 Å². The molecule has 11 nitrogen and oxygen atoms in total. The first kappa shape index (κ1) is 21.2. The number of imide groups is 1. The number of likely N-dealkylation sites (N-methyl/N-ethyl adjacent to an activating group) is 1. The maximum atomic E-state index is 12.9. The van der Waals surface area contributed by atoms with Crippen LogP contribution < -0.4 is 16.0 Å². The Hall–Kier alpha value is -3.47. The number of amides is 6.